The first-order chi connectivity index (χ1) is 16.2. The van der Waals surface area contributed by atoms with Crippen molar-refractivity contribution in [2.24, 2.45) is 12.0 Å². The highest BCUT2D eigenvalue weighted by Crippen LogP contribution is 2.37. The number of amides is 1. The molecule has 2 aromatic heterocycles. The Morgan fingerprint density at radius 1 is 1.14 bits per heavy atom. The number of carbonyl (C=O) groups excluding carboxylic acids is 1. The highest BCUT2D eigenvalue weighted by atomic mass is 19.4. The number of rotatable bonds is 4. The topological polar surface area (TPSA) is 98.7 Å². The van der Waals surface area contributed by atoms with E-state index in [0.717, 1.165) is 24.4 Å². The molecule has 0 aliphatic rings. The maximum atomic E-state index is 15.0. The van der Waals surface area contributed by atoms with Gasteiger partial charge in [-0.25, -0.2) is 14.0 Å². The molecule has 0 saturated carbocycles. The van der Waals surface area contributed by atoms with Crippen LogP contribution >= 0.6 is 0 Å². The molecule has 0 aliphatic carbocycles. The van der Waals surface area contributed by atoms with E-state index in [-0.39, 0.29) is 17.7 Å². The summed E-state index contributed by atoms with van der Waals surface area (Å²) in [5, 5.41) is 9.47. The lowest BCUT2D eigenvalue weighted by molar-refractivity contribution is -0.140. The minimum atomic E-state index is -4.89. The Kier molecular flexibility index (Phi) is 6.86. The number of hydrogen-bond acceptors (Lipinski definition) is 4. The van der Waals surface area contributed by atoms with Gasteiger partial charge in [-0.2, -0.15) is 13.2 Å². The molecule has 3 rings (SSSR count). The van der Waals surface area contributed by atoms with E-state index in [4.69, 9.17) is 4.74 Å². The van der Waals surface area contributed by atoms with Crippen molar-refractivity contribution in [3.05, 3.63) is 71.1 Å². The van der Waals surface area contributed by atoms with Crippen LogP contribution in [0.3, 0.4) is 0 Å². The molecule has 0 saturated heterocycles. The van der Waals surface area contributed by atoms with Crippen LogP contribution in [0, 0.1) is 5.82 Å². The Hall–Kier alpha value is -3.96. The van der Waals surface area contributed by atoms with E-state index < -0.39 is 52.0 Å². The van der Waals surface area contributed by atoms with Gasteiger partial charge in [0.25, 0.3) is 0 Å². The van der Waals surface area contributed by atoms with E-state index in [9.17, 15) is 27.9 Å². The first kappa shape index (κ1) is 25.7. The summed E-state index contributed by atoms with van der Waals surface area (Å²) in [5.41, 5.74) is -3.83. The van der Waals surface area contributed by atoms with Gasteiger partial charge >= 0.3 is 18.2 Å². The van der Waals surface area contributed by atoms with Crippen molar-refractivity contribution in [2.45, 2.75) is 39.1 Å². The number of nitrogens with zero attached hydrogens (tertiary/aromatic N) is 4. The van der Waals surface area contributed by atoms with E-state index in [0.29, 0.717) is 0 Å². The molecular formula is C23H22F4N4O4. The molecule has 0 bridgehead atoms. The van der Waals surface area contributed by atoms with Gasteiger partial charge in [0, 0.05) is 36.8 Å². The number of aryl methyl sites for hydroxylation is 1. The van der Waals surface area contributed by atoms with E-state index >= 15 is 4.39 Å². The summed E-state index contributed by atoms with van der Waals surface area (Å²) in [6.45, 7) is 4.87. The molecule has 0 aliphatic heterocycles. The van der Waals surface area contributed by atoms with Gasteiger partial charge in [-0.05, 0) is 44.5 Å². The minimum Gasteiger partial charge on any atom is -0.478 e. The van der Waals surface area contributed by atoms with Crippen molar-refractivity contribution in [1.82, 2.24) is 14.1 Å². The van der Waals surface area contributed by atoms with Crippen LogP contribution in [-0.4, -0.2) is 36.9 Å². The van der Waals surface area contributed by atoms with Gasteiger partial charge in [-0.3, -0.25) is 4.98 Å². The van der Waals surface area contributed by atoms with E-state index in [2.05, 4.69) is 9.98 Å². The van der Waals surface area contributed by atoms with Crippen molar-refractivity contribution >= 4 is 12.1 Å². The summed E-state index contributed by atoms with van der Waals surface area (Å²) < 4.78 is 63.7. The van der Waals surface area contributed by atoms with Gasteiger partial charge in [0.2, 0.25) is 5.62 Å². The van der Waals surface area contributed by atoms with E-state index in [1.54, 1.807) is 34.0 Å². The molecule has 2 heterocycles. The molecule has 1 N–H and O–H groups in total. The second-order valence-electron chi connectivity index (χ2n) is 8.64. The third-order valence-corrected chi connectivity index (χ3v) is 4.71. The van der Waals surface area contributed by atoms with Crippen molar-refractivity contribution < 1.29 is 37.0 Å². The van der Waals surface area contributed by atoms with Gasteiger partial charge in [0.05, 0.1) is 12.1 Å². The Labute approximate surface area is 197 Å². The second kappa shape index (κ2) is 9.35. The molecule has 0 fully saturated rings. The highest BCUT2D eigenvalue weighted by molar-refractivity contribution is 5.90. The number of hydrogen-bond donors (Lipinski definition) is 1. The summed E-state index contributed by atoms with van der Waals surface area (Å²) >= 11 is 0. The lowest BCUT2D eigenvalue weighted by Crippen LogP contribution is -2.29. The van der Waals surface area contributed by atoms with Crippen molar-refractivity contribution in [3.8, 4) is 11.1 Å². The second-order valence-corrected chi connectivity index (χ2v) is 8.64. The van der Waals surface area contributed by atoms with Gasteiger partial charge in [-0.1, -0.05) is 6.07 Å². The van der Waals surface area contributed by atoms with Crippen LogP contribution in [0.15, 0.2) is 47.8 Å². The zero-order chi connectivity index (χ0) is 26.1. The number of carbonyl (C=O) groups is 2. The third-order valence-electron chi connectivity index (χ3n) is 4.71. The molecule has 1 amide bonds. The predicted octanol–water partition coefficient (Wildman–Crippen LogP) is 4.63. The average Bonchev–Trinajstić information content (AvgIpc) is 3.06. The van der Waals surface area contributed by atoms with Crippen LogP contribution in [-0.2, 0) is 24.5 Å². The number of ether oxygens (including phenoxy) is 1. The molecule has 0 unspecified atom stereocenters. The molecule has 186 valence electrons. The molecule has 8 nitrogen and oxygen atoms in total. The smallest absolute Gasteiger partial charge is 0.437 e. The molecule has 12 heteroatoms. The number of aromatic nitrogens is 3. The van der Waals surface area contributed by atoms with Crippen LogP contribution in [0.4, 0.5) is 22.4 Å². The number of carboxylic acid groups (broad SMARTS) is 1. The molecule has 0 spiro atoms. The maximum absolute atomic E-state index is 15.0. The van der Waals surface area contributed by atoms with Crippen LogP contribution in [0.25, 0.3) is 11.1 Å². The SMILES string of the molecule is Cn1ccn(Cc2cc(C(=O)O)c(F)c(-c3cccnc3C(F)(F)F)c2)c1=NC(=O)OC(C)(C)C. The molecule has 35 heavy (non-hydrogen) atoms. The standard InChI is InChI=1S/C23H22F4N4O4/c1-22(2,3)35-21(34)29-20-30(4)8-9-31(20)12-13-10-15(17(24)16(11-13)19(32)33)14-6-5-7-28-18(14)23(25,26)27/h5-11H,12H2,1-4H3,(H,32,33). The van der Waals surface area contributed by atoms with E-state index in [1.165, 1.54) is 21.4 Å². The maximum Gasteiger partial charge on any atom is 0.437 e. The fraction of sp³-hybridized carbons (Fsp3) is 0.304. The normalized spacial score (nSPS) is 12.6. The van der Waals surface area contributed by atoms with Gasteiger partial charge in [0.15, 0.2) is 5.69 Å². The summed E-state index contributed by atoms with van der Waals surface area (Å²) in [6.07, 6.45) is -1.76. The molecule has 3 aromatic rings. The lowest BCUT2D eigenvalue weighted by Gasteiger charge is -2.17. The number of alkyl halides is 3. The number of aromatic carboxylic acids is 1. The quantitative estimate of drug-likeness (QED) is 0.534. The van der Waals surface area contributed by atoms with Gasteiger partial charge in [-0.15, -0.1) is 4.99 Å². The number of halogens is 4. The predicted molar refractivity (Wildman–Crippen MR) is 116 cm³/mol. The Bertz CT molecular complexity index is 1350. The van der Waals surface area contributed by atoms with Gasteiger partial charge < -0.3 is 19.0 Å². The first-order valence-corrected chi connectivity index (χ1v) is 10.2. The minimum absolute atomic E-state index is 0.124. The average molecular weight is 494 g/mol. The fourth-order valence-electron chi connectivity index (χ4n) is 3.32. The Balaban J connectivity index is 2.15. The summed E-state index contributed by atoms with van der Waals surface area (Å²) in [4.78, 5) is 31.1. The lowest BCUT2D eigenvalue weighted by atomic mass is 9.97. The van der Waals surface area contributed by atoms with E-state index in [1.807, 2.05) is 0 Å². The van der Waals surface area contributed by atoms with Crippen LogP contribution < -0.4 is 5.62 Å². The summed E-state index contributed by atoms with van der Waals surface area (Å²) in [6, 6.07) is 4.34. The van der Waals surface area contributed by atoms with Crippen molar-refractivity contribution in [3.63, 3.8) is 0 Å². The number of carboxylic acids is 1. The van der Waals surface area contributed by atoms with Crippen LogP contribution in [0.5, 0.6) is 0 Å². The molecular weight excluding hydrogens is 472 g/mol. The number of pyridine rings is 1. The number of benzene rings is 1. The summed E-state index contributed by atoms with van der Waals surface area (Å²) in [7, 11) is 1.60. The number of imidazole rings is 1. The first-order valence-electron chi connectivity index (χ1n) is 10.2. The largest absolute Gasteiger partial charge is 0.478 e. The van der Waals surface area contributed by atoms with Gasteiger partial charge in [0.1, 0.15) is 11.4 Å². The Morgan fingerprint density at radius 2 is 1.83 bits per heavy atom. The summed E-state index contributed by atoms with van der Waals surface area (Å²) in [5.74, 6) is -2.98. The molecule has 1 aromatic carbocycles. The zero-order valence-corrected chi connectivity index (χ0v) is 19.2. The van der Waals surface area contributed by atoms with Crippen molar-refractivity contribution in [1.29, 1.82) is 0 Å². The van der Waals surface area contributed by atoms with Crippen LogP contribution in [0.2, 0.25) is 0 Å². The van der Waals surface area contributed by atoms with Crippen molar-refractivity contribution in [2.75, 3.05) is 0 Å². The monoisotopic (exact) mass is 494 g/mol. The molecule has 0 radical (unpaired) electrons. The Morgan fingerprint density at radius 3 is 2.43 bits per heavy atom. The molecule has 0 atom stereocenters. The zero-order valence-electron chi connectivity index (χ0n) is 19.2. The third kappa shape index (κ3) is 5.94. The van der Waals surface area contributed by atoms with Crippen LogP contribution in [0.1, 0.15) is 42.4 Å². The highest BCUT2D eigenvalue weighted by Gasteiger charge is 2.36. The fourth-order valence-corrected chi connectivity index (χ4v) is 3.32.